The zero-order valence-corrected chi connectivity index (χ0v) is 12.3. The van der Waals surface area contributed by atoms with Gasteiger partial charge in [0, 0.05) is 7.11 Å². The minimum atomic E-state index is -0.904. The summed E-state index contributed by atoms with van der Waals surface area (Å²) in [6.45, 7) is -0.246. The van der Waals surface area contributed by atoms with Gasteiger partial charge >= 0.3 is 5.97 Å². The Morgan fingerprint density at radius 2 is 2.15 bits per heavy atom. The molecule has 0 fully saturated rings. The molecule has 8 heteroatoms. The molecular weight excluding hydrogens is 335 g/mol. The van der Waals surface area contributed by atoms with Gasteiger partial charge in [-0.25, -0.2) is 9.18 Å². The van der Waals surface area contributed by atoms with Gasteiger partial charge in [-0.1, -0.05) is 6.07 Å². The number of hydrogen-bond donors (Lipinski definition) is 1. The Morgan fingerprint density at radius 3 is 2.75 bits per heavy atom. The van der Waals surface area contributed by atoms with Crippen molar-refractivity contribution >= 4 is 27.6 Å². The van der Waals surface area contributed by atoms with Crippen LogP contribution < -0.4 is 0 Å². The first-order valence-electron chi connectivity index (χ1n) is 5.36. The molecule has 108 valence electrons. The summed E-state index contributed by atoms with van der Waals surface area (Å²) in [5.41, 5.74) is -0.542. The Labute approximate surface area is 123 Å². The molecule has 0 amide bonds. The van der Waals surface area contributed by atoms with Crippen LogP contribution >= 0.6 is 15.9 Å². The smallest absolute Gasteiger partial charge is 0.362 e. The summed E-state index contributed by atoms with van der Waals surface area (Å²) in [6, 6.07) is 4.41. The molecule has 1 aromatic rings. The first-order chi connectivity index (χ1) is 9.51. The summed E-state index contributed by atoms with van der Waals surface area (Å²) in [5.74, 6) is -2.00. The zero-order chi connectivity index (χ0) is 15.1. The monoisotopic (exact) mass is 346 g/mol. The first kappa shape index (κ1) is 16.3. The third kappa shape index (κ3) is 4.10. The summed E-state index contributed by atoms with van der Waals surface area (Å²) in [4.78, 5) is 11.4. The average Bonchev–Trinajstić information content (AvgIpc) is 2.43. The number of carbonyl (C=O) groups excluding carboxylic acids is 1. The maximum Gasteiger partial charge on any atom is 0.362 e. The van der Waals surface area contributed by atoms with Crippen LogP contribution in [-0.2, 0) is 14.3 Å². The van der Waals surface area contributed by atoms with E-state index < -0.39 is 23.2 Å². The second kappa shape index (κ2) is 7.71. The van der Waals surface area contributed by atoms with E-state index in [1.807, 2.05) is 0 Å². The Kier molecular flexibility index (Phi) is 6.26. The number of carbonyl (C=O) groups is 1. The van der Waals surface area contributed by atoms with Crippen molar-refractivity contribution in [2.24, 2.45) is 10.2 Å². The van der Waals surface area contributed by atoms with Crippen molar-refractivity contribution in [3.63, 3.8) is 0 Å². The summed E-state index contributed by atoms with van der Waals surface area (Å²) in [5, 5.41) is 16.7. The molecule has 1 aromatic carbocycles. The van der Waals surface area contributed by atoms with E-state index in [-0.39, 0.29) is 16.8 Å². The number of esters is 1. The van der Waals surface area contributed by atoms with Crippen LogP contribution in [0.15, 0.2) is 44.4 Å². The molecule has 1 N–H and O–H groups in total. The second-order valence-electron chi connectivity index (χ2n) is 3.49. The topological polar surface area (TPSA) is 80.5 Å². The minimum absolute atomic E-state index is 0.0917. The number of hydrogen-bond acceptors (Lipinski definition) is 6. The highest BCUT2D eigenvalue weighted by molar-refractivity contribution is 9.10. The SMILES string of the molecule is COCC(O)=C(N=Nc1cccc(Br)c1F)C(=O)OC. The molecular formula is C12H12BrFN2O4. The number of benzene rings is 1. The van der Waals surface area contributed by atoms with Crippen LogP contribution in [0.3, 0.4) is 0 Å². The Hall–Kier alpha value is -1.80. The number of aliphatic hydroxyl groups excluding tert-OH is 1. The van der Waals surface area contributed by atoms with Crippen molar-refractivity contribution in [3.8, 4) is 0 Å². The number of halogens is 2. The fourth-order valence-corrected chi connectivity index (χ4v) is 1.55. The molecule has 6 nitrogen and oxygen atoms in total. The Bertz CT molecular complexity index is 560. The van der Waals surface area contributed by atoms with E-state index in [2.05, 4.69) is 35.6 Å². The molecule has 0 heterocycles. The van der Waals surface area contributed by atoms with Crippen LogP contribution in [0.2, 0.25) is 0 Å². The van der Waals surface area contributed by atoms with Gasteiger partial charge < -0.3 is 14.6 Å². The van der Waals surface area contributed by atoms with Crippen molar-refractivity contribution < 1.29 is 23.8 Å². The minimum Gasteiger partial charge on any atom is -0.507 e. The van der Waals surface area contributed by atoms with E-state index in [1.54, 1.807) is 6.07 Å². The van der Waals surface area contributed by atoms with E-state index in [0.29, 0.717) is 0 Å². The highest BCUT2D eigenvalue weighted by Gasteiger charge is 2.16. The van der Waals surface area contributed by atoms with E-state index >= 15 is 0 Å². The van der Waals surface area contributed by atoms with Crippen LogP contribution in [-0.4, -0.2) is 31.9 Å². The van der Waals surface area contributed by atoms with Crippen LogP contribution in [0, 0.1) is 5.82 Å². The van der Waals surface area contributed by atoms with Gasteiger partial charge in [-0.2, -0.15) is 0 Å². The summed E-state index contributed by atoms with van der Waals surface area (Å²) >= 11 is 3.00. The Balaban J connectivity index is 3.13. The van der Waals surface area contributed by atoms with Gasteiger partial charge in [0.25, 0.3) is 0 Å². The van der Waals surface area contributed by atoms with E-state index in [9.17, 15) is 14.3 Å². The molecule has 0 radical (unpaired) electrons. The van der Waals surface area contributed by atoms with Crippen LogP contribution in [0.5, 0.6) is 0 Å². The molecule has 0 atom stereocenters. The van der Waals surface area contributed by atoms with Gasteiger partial charge in [0.15, 0.2) is 11.6 Å². The van der Waals surface area contributed by atoms with Gasteiger partial charge in [-0.3, -0.25) is 0 Å². The first-order valence-corrected chi connectivity index (χ1v) is 6.15. The number of azo groups is 1. The van der Waals surface area contributed by atoms with Crippen molar-refractivity contribution in [3.05, 3.63) is 39.9 Å². The third-order valence-corrected chi connectivity index (χ3v) is 2.73. The predicted octanol–water partition coefficient (Wildman–Crippen LogP) is 3.26. The fourth-order valence-electron chi connectivity index (χ4n) is 1.19. The highest BCUT2D eigenvalue weighted by atomic mass is 79.9. The van der Waals surface area contributed by atoms with Crippen molar-refractivity contribution in [2.45, 2.75) is 0 Å². The van der Waals surface area contributed by atoms with Crippen molar-refractivity contribution in [1.29, 1.82) is 0 Å². The molecule has 0 aliphatic carbocycles. The van der Waals surface area contributed by atoms with Gasteiger partial charge in [-0.15, -0.1) is 10.2 Å². The lowest BCUT2D eigenvalue weighted by atomic mass is 10.3. The molecule has 1 rings (SSSR count). The average molecular weight is 347 g/mol. The molecule has 0 saturated heterocycles. The Morgan fingerprint density at radius 1 is 1.45 bits per heavy atom. The lowest BCUT2D eigenvalue weighted by Gasteiger charge is -2.03. The molecule has 0 aromatic heterocycles. The van der Waals surface area contributed by atoms with Gasteiger partial charge in [0.1, 0.15) is 12.3 Å². The second-order valence-corrected chi connectivity index (χ2v) is 4.35. The number of rotatable bonds is 5. The molecule has 0 spiro atoms. The maximum absolute atomic E-state index is 13.7. The van der Waals surface area contributed by atoms with E-state index in [1.165, 1.54) is 19.2 Å². The highest BCUT2D eigenvalue weighted by Crippen LogP contribution is 2.26. The molecule has 20 heavy (non-hydrogen) atoms. The van der Waals surface area contributed by atoms with E-state index in [4.69, 9.17) is 0 Å². The van der Waals surface area contributed by atoms with E-state index in [0.717, 1.165) is 7.11 Å². The fraction of sp³-hybridized carbons (Fsp3) is 0.250. The van der Waals surface area contributed by atoms with Crippen LogP contribution in [0.4, 0.5) is 10.1 Å². The number of ether oxygens (including phenoxy) is 2. The third-order valence-electron chi connectivity index (χ3n) is 2.12. The number of aliphatic hydroxyl groups is 1. The van der Waals surface area contributed by atoms with Gasteiger partial charge in [0.2, 0.25) is 5.70 Å². The van der Waals surface area contributed by atoms with Gasteiger partial charge in [-0.05, 0) is 28.1 Å². The molecule has 0 aliphatic rings. The molecule has 0 unspecified atom stereocenters. The lowest BCUT2D eigenvalue weighted by molar-refractivity contribution is -0.136. The van der Waals surface area contributed by atoms with Crippen LogP contribution in [0.25, 0.3) is 0 Å². The number of methoxy groups -OCH3 is 2. The summed E-state index contributed by atoms with van der Waals surface area (Å²) < 4.78 is 23.0. The quantitative estimate of drug-likeness (QED) is 0.384. The van der Waals surface area contributed by atoms with Crippen molar-refractivity contribution in [1.82, 2.24) is 0 Å². The molecule has 0 aliphatic heterocycles. The normalized spacial score (nSPS) is 12.4. The maximum atomic E-state index is 13.7. The zero-order valence-electron chi connectivity index (χ0n) is 10.8. The standard InChI is InChI=1S/C12H12BrFN2O4/c1-19-6-9(17)11(12(18)20-2)16-15-8-5-3-4-7(13)10(8)14/h3-5,17H,6H2,1-2H3. The number of nitrogens with zero attached hydrogens (tertiary/aromatic N) is 2. The molecule has 0 saturated carbocycles. The van der Waals surface area contributed by atoms with Crippen LogP contribution in [0.1, 0.15) is 0 Å². The van der Waals surface area contributed by atoms with Gasteiger partial charge in [0.05, 0.1) is 11.6 Å². The lowest BCUT2D eigenvalue weighted by Crippen LogP contribution is -2.08. The summed E-state index contributed by atoms with van der Waals surface area (Å²) in [6.07, 6.45) is 0. The summed E-state index contributed by atoms with van der Waals surface area (Å²) in [7, 11) is 2.45. The molecule has 0 bridgehead atoms. The largest absolute Gasteiger partial charge is 0.507 e. The predicted molar refractivity (Wildman–Crippen MR) is 72.2 cm³/mol. The van der Waals surface area contributed by atoms with Crippen molar-refractivity contribution in [2.75, 3.05) is 20.8 Å².